The van der Waals surface area contributed by atoms with E-state index in [1.165, 1.54) is 11.1 Å². The van der Waals surface area contributed by atoms with Crippen LogP contribution in [0.15, 0.2) is 48.1 Å². The summed E-state index contributed by atoms with van der Waals surface area (Å²) < 4.78 is 2.06. The minimum atomic E-state index is 0.792. The Morgan fingerprint density at radius 1 is 1.27 bits per heavy atom. The van der Waals surface area contributed by atoms with Crippen molar-refractivity contribution in [3.63, 3.8) is 0 Å². The van der Waals surface area contributed by atoms with Crippen LogP contribution in [-0.2, 0) is 0 Å². The number of rotatable bonds is 5. The van der Waals surface area contributed by atoms with Crippen molar-refractivity contribution in [2.75, 3.05) is 12.3 Å². The molecule has 1 aromatic heterocycles. The minimum Gasteiger partial charge on any atom is -0.399 e. The number of aryl methyl sites for hydroxylation is 1. The lowest BCUT2D eigenvalue weighted by atomic mass is 10.0. The Hall–Kier alpha value is -2.29. The Morgan fingerprint density at radius 3 is 2.68 bits per heavy atom. The number of nitrogens with two attached hydrogens (primary N) is 1. The number of aromatic nitrogens is 1. The topological polar surface area (TPSA) is 43.3 Å². The fourth-order valence-electron chi connectivity index (χ4n) is 2.45. The number of hydrogen-bond donors (Lipinski definition) is 1. The van der Waals surface area contributed by atoms with E-state index in [0.29, 0.717) is 0 Å². The van der Waals surface area contributed by atoms with E-state index >= 15 is 0 Å². The van der Waals surface area contributed by atoms with Gasteiger partial charge in [-0.2, -0.15) is 0 Å². The van der Waals surface area contributed by atoms with Crippen LogP contribution < -0.4 is 11.2 Å². The monoisotopic (exact) mass is 295 g/mol. The lowest BCUT2D eigenvalue weighted by Crippen LogP contribution is -2.19. The van der Waals surface area contributed by atoms with Gasteiger partial charge in [-0.3, -0.25) is 4.99 Å². The van der Waals surface area contributed by atoms with Crippen LogP contribution in [0.3, 0.4) is 0 Å². The third-order valence-electron chi connectivity index (χ3n) is 3.69. The first-order valence-electron chi connectivity index (χ1n) is 7.78. The predicted octanol–water partition coefficient (Wildman–Crippen LogP) is 4.24. The smallest absolute Gasteiger partial charge is 0.131 e. The zero-order valence-corrected chi connectivity index (χ0v) is 13.8. The second-order valence-corrected chi connectivity index (χ2v) is 5.69. The van der Waals surface area contributed by atoms with Gasteiger partial charge in [-0.15, -0.1) is 0 Å². The Morgan fingerprint density at radius 2 is 2.05 bits per heavy atom. The second kappa shape index (κ2) is 7.12. The van der Waals surface area contributed by atoms with E-state index in [-0.39, 0.29) is 0 Å². The molecular weight excluding hydrogens is 270 g/mol. The van der Waals surface area contributed by atoms with Crippen LogP contribution in [0.25, 0.3) is 16.8 Å². The van der Waals surface area contributed by atoms with Gasteiger partial charge in [0.2, 0.25) is 0 Å². The van der Waals surface area contributed by atoms with E-state index in [1.54, 1.807) is 0 Å². The zero-order chi connectivity index (χ0) is 16.1. The van der Waals surface area contributed by atoms with Gasteiger partial charge < -0.3 is 10.3 Å². The summed E-state index contributed by atoms with van der Waals surface area (Å²) in [6.45, 7) is 11.2. The molecule has 0 fully saturated rings. The summed E-state index contributed by atoms with van der Waals surface area (Å²) >= 11 is 0. The van der Waals surface area contributed by atoms with Gasteiger partial charge in [0.05, 0.1) is 0 Å². The standard InChI is InChI=1S/C19H25N3/c1-5-6-11-21-19-10-7-16(13-22(19)14(2)3)18-9-8-17(20)12-15(18)4/h7-10,12-13H,2,5-6,11,20H2,1,3-4H3. The van der Waals surface area contributed by atoms with Crippen LogP contribution in [0, 0.1) is 6.92 Å². The molecule has 2 rings (SSSR count). The summed E-state index contributed by atoms with van der Waals surface area (Å²) in [5.74, 6) is 0. The van der Waals surface area contributed by atoms with Gasteiger partial charge >= 0.3 is 0 Å². The van der Waals surface area contributed by atoms with E-state index in [4.69, 9.17) is 5.73 Å². The molecule has 0 unspecified atom stereocenters. The second-order valence-electron chi connectivity index (χ2n) is 5.69. The van der Waals surface area contributed by atoms with Gasteiger partial charge in [0.25, 0.3) is 0 Å². The Labute approximate surface area is 132 Å². The molecule has 0 aliphatic heterocycles. The van der Waals surface area contributed by atoms with E-state index in [1.807, 2.05) is 19.1 Å². The number of pyridine rings is 1. The van der Waals surface area contributed by atoms with Crippen LogP contribution in [0.1, 0.15) is 32.3 Å². The van der Waals surface area contributed by atoms with Crippen molar-refractivity contribution in [3.05, 3.63) is 54.2 Å². The average Bonchev–Trinajstić information content (AvgIpc) is 2.48. The summed E-state index contributed by atoms with van der Waals surface area (Å²) in [4.78, 5) is 4.67. The third kappa shape index (κ3) is 3.67. The van der Waals surface area contributed by atoms with Crippen molar-refractivity contribution in [1.29, 1.82) is 0 Å². The van der Waals surface area contributed by atoms with Gasteiger partial charge in [-0.05, 0) is 61.2 Å². The number of benzene rings is 1. The lowest BCUT2D eigenvalue weighted by Gasteiger charge is -2.12. The zero-order valence-electron chi connectivity index (χ0n) is 13.8. The first-order chi connectivity index (χ1) is 10.5. The molecular formula is C19H25N3. The number of unbranched alkanes of at least 4 members (excludes halogenated alkanes) is 1. The molecule has 0 spiro atoms. The Bertz CT molecular complexity index is 739. The van der Waals surface area contributed by atoms with Gasteiger partial charge in [-0.1, -0.05) is 26.0 Å². The molecule has 3 nitrogen and oxygen atoms in total. The minimum absolute atomic E-state index is 0.792. The molecule has 2 aromatic rings. The largest absolute Gasteiger partial charge is 0.399 e. The number of allylic oxidation sites excluding steroid dienone is 1. The highest BCUT2D eigenvalue weighted by Gasteiger charge is 2.04. The van der Waals surface area contributed by atoms with Crippen LogP contribution in [0.4, 0.5) is 5.69 Å². The average molecular weight is 295 g/mol. The van der Waals surface area contributed by atoms with E-state index < -0.39 is 0 Å². The summed E-state index contributed by atoms with van der Waals surface area (Å²) in [6.07, 6.45) is 4.36. The maximum absolute atomic E-state index is 5.84. The van der Waals surface area contributed by atoms with Gasteiger partial charge in [0, 0.05) is 24.1 Å². The maximum atomic E-state index is 5.84. The normalized spacial score (nSPS) is 11.7. The number of nitrogen functional groups attached to an aromatic ring is 1. The predicted molar refractivity (Wildman–Crippen MR) is 95.4 cm³/mol. The Balaban J connectivity index is 2.49. The van der Waals surface area contributed by atoms with Gasteiger partial charge in [0.1, 0.15) is 5.49 Å². The lowest BCUT2D eigenvalue weighted by molar-refractivity contribution is 0.776. The fraction of sp³-hybridized carbons (Fsp3) is 0.316. The van der Waals surface area contributed by atoms with Crippen LogP contribution in [0.2, 0.25) is 0 Å². The van der Waals surface area contributed by atoms with E-state index in [2.05, 4.69) is 54.4 Å². The first kappa shape index (κ1) is 16.1. The van der Waals surface area contributed by atoms with Gasteiger partial charge in [-0.25, -0.2) is 0 Å². The van der Waals surface area contributed by atoms with Crippen molar-refractivity contribution in [2.24, 2.45) is 4.99 Å². The molecule has 1 heterocycles. The number of nitrogens with zero attached hydrogens (tertiary/aromatic N) is 2. The molecule has 0 amide bonds. The van der Waals surface area contributed by atoms with Crippen molar-refractivity contribution < 1.29 is 0 Å². The van der Waals surface area contributed by atoms with Crippen molar-refractivity contribution in [3.8, 4) is 11.1 Å². The highest BCUT2D eigenvalue weighted by molar-refractivity contribution is 5.69. The molecule has 0 radical (unpaired) electrons. The van der Waals surface area contributed by atoms with E-state index in [0.717, 1.165) is 41.8 Å². The quantitative estimate of drug-likeness (QED) is 0.651. The molecule has 2 N–H and O–H groups in total. The fourth-order valence-corrected chi connectivity index (χ4v) is 2.45. The molecule has 0 saturated heterocycles. The number of hydrogen-bond acceptors (Lipinski definition) is 2. The highest BCUT2D eigenvalue weighted by atomic mass is 15.0. The van der Waals surface area contributed by atoms with Crippen molar-refractivity contribution in [2.45, 2.75) is 33.6 Å². The molecule has 3 heteroatoms. The van der Waals surface area contributed by atoms with Crippen LogP contribution in [-0.4, -0.2) is 11.1 Å². The van der Waals surface area contributed by atoms with Gasteiger partial charge in [0.15, 0.2) is 0 Å². The SMILES string of the molecule is C=C(C)n1cc(-c2ccc(N)cc2C)ccc1=NCCCC. The molecule has 0 atom stereocenters. The van der Waals surface area contributed by atoms with Crippen molar-refractivity contribution in [1.82, 2.24) is 4.57 Å². The molecule has 116 valence electrons. The van der Waals surface area contributed by atoms with E-state index in [9.17, 15) is 0 Å². The highest BCUT2D eigenvalue weighted by Crippen LogP contribution is 2.24. The molecule has 1 aromatic carbocycles. The maximum Gasteiger partial charge on any atom is 0.131 e. The third-order valence-corrected chi connectivity index (χ3v) is 3.69. The summed E-state index contributed by atoms with van der Waals surface area (Å²) in [5.41, 5.74) is 12.1. The van der Waals surface area contributed by atoms with Crippen molar-refractivity contribution >= 4 is 11.4 Å². The van der Waals surface area contributed by atoms with Crippen LogP contribution >= 0.6 is 0 Å². The Kier molecular flexibility index (Phi) is 5.21. The number of anilines is 1. The summed E-state index contributed by atoms with van der Waals surface area (Å²) in [7, 11) is 0. The molecule has 0 saturated carbocycles. The first-order valence-corrected chi connectivity index (χ1v) is 7.78. The summed E-state index contributed by atoms with van der Waals surface area (Å²) in [5, 5.41) is 0. The van der Waals surface area contributed by atoms with Crippen LogP contribution in [0.5, 0.6) is 0 Å². The summed E-state index contributed by atoms with van der Waals surface area (Å²) in [6, 6.07) is 10.2. The molecule has 22 heavy (non-hydrogen) atoms. The molecule has 0 aliphatic rings. The molecule has 0 aliphatic carbocycles. The molecule has 0 bridgehead atoms.